The van der Waals surface area contributed by atoms with Crippen LogP contribution in [-0.2, 0) is 9.59 Å². The number of nitrogens with one attached hydrogen (secondary N) is 2. The number of aryl methyl sites for hydroxylation is 2. The maximum Gasteiger partial charge on any atom is 0.276 e. The third kappa shape index (κ3) is 5.82. The summed E-state index contributed by atoms with van der Waals surface area (Å²) in [5, 5.41) is 0. The van der Waals surface area contributed by atoms with Crippen LogP contribution in [0.2, 0.25) is 0 Å². The van der Waals surface area contributed by atoms with E-state index in [9.17, 15) is 9.59 Å². The summed E-state index contributed by atoms with van der Waals surface area (Å²) in [6, 6.07) is 14.9. The molecule has 1 unspecified atom stereocenters. The maximum absolute atomic E-state index is 12.8. The Labute approximate surface area is 166 Å². The molecule has 0 bridgehead atoms. The largest absolute Gasteiger partial charge is 0.483 e. The first-order valence-electron chi connectivity index (χ1n) is 9.54. The summed E-state index contributed by atoms with van der Waals surface area (Å²) < 4.78 is 5.57. The molecule has 0 heterocycles. The molecular formula is C22H29N3O3. The number of benzene rings is 2. The molecule has 0 aliphatic heterocycles. The lowest BCUT2D eigenvalue weighted by atomic mass is 10.0. The second kappa shape index (κ2) is 10.5. The predicted molar refractivity (Wildman–Crippen MR) is 110 cm³/mol. The van der Waals surface area contributed by atoms with Gasteiger partial charge in [0, 0.05) is 0 Å². The monoisotopic (exact) mass is 383 g/mol. The molecule has 6 heteroatoms. The van der Waals surface area contributed by atoms with Crippen molar-refractivity contribution in [2.75, 3.05) is 19.7 Å². The number of ether oxygens (including phenoxy) is 1. The molecule has 2 rings (SSSR count). The summed E-state index contributed by atoms with van der Waals surface area (Å²) in [6.07, 6.45) is 0. The Hall–Kier alpha value is -2.86. The van der Waals surface area contributed by atoms with E-state index in [-0.39, 0.29) is 12.5 Å². The van der Waals surface area contributed by atoms with Crippen LogP contribution in [0.5, 0.6) is 5.75 Å². The minimum absolute atomic E-state index is 0.175. The summed E-state index contributed by atoms with van der Waals surface area (Å²) in [4.78, 5) is 26.9. The van der Waals surface area contributed by atoms with E-state index in [0.29, 0.717) is 18.8 Å². The summed E-state index contributed by atoms with van der Waals surface area (Å²) in [6.45, 7) is 9.14. The number of hydrazine groups is 1. The predicted octanol–water partition coefficient (Wildman–Crippen LogP) is 2.91. The van der Waals surface area contributed by atoms with Gasteiger partial charge in [-0.2, -0.15) is 0 Å². The van der Waals surface area contributed by atoms with E-state index in [1.807, 2.05) is 81.1 Å². The van der Waals surface area contributed by atoms with Crippen LogP contribution in [0.15, 0.2) is 48.5 Å². The number of hydrogen-bond acceptors (Lipinski definition) is 4. The van der Waals surface area contributed by atoms with Crippen molar-refractivity contribution in [1.29, 1.82) is 0 Å². The zero-order valence-corrected chi connectivity index (χ0v) is 17.0. The van der Waals surface area contributed by atoms with Gasteiger partial charge in [0.1, 0.15) is 11.8 Å². The lowest BCUT2D eigenvalue weighted by Gasteiger charge is -2.29. The first-order chi connectivity index (χ1) is 13.5. The number of carbonyl (C=O) groups excluding carboxylic acids is 2. The number of nitrogens with zero attached hydrogens (tertiary/aromatic N) is 1. The molecule has 150 valence electrons. The maximum atomic E-state index is 12.8. The van der Waals surface area contributed by atoms with Crippen molar-refractivity contribution >= 4 is 11.8 Å². The minimum Gasteiger partial charge on any atom is -0.483 e. The Kier molecular flexibility index (Phi) is 8.02. The Morgan fingerprint density at radius 3 is 2.32 bits per heavy atom. The van der Waals surface area contributed by atoms with Gasteiger partial charge in [0.15, 0.2) is 6.61 Å². The summed E-state index contributed by atoms with van der Waals surface area (Å²) in [5.74, 6) is -0.0395. The molecular weight excluding hydrogens is 354 g/mol. The number of carbonyl (C=O) groups is 2. The quantitative estimate of drug-likeness (QED) is 0.688. The van der Waals surface area contributed by atoms with Gasteiger partial charge < -0.3 is 4.74 Å². The van der Waals surface area contributed by atoms with Crippen molar-refractivity contribution < 1.29 is 14.3 Å². The van der Waals surface area contributed by atoms with Crippen LogP contribution in [0.25, 0.3) is 0 Å². The van der Waals surface area contributed by atoms with Crippen LogP contribution in [0, 0.1) is 13.8 Å². The molecule has 0 spiro atoms. The van der Waals surface area contributed by atoms with Gasteiger partial charge in [-0.15, -0.1) is 0 Å². The van der Waals surface area contributed by atoms with E-state index in [0.717, 1.165) is 16.7 Å². The molecule has 0 aliphatic rings. The molecule has 0 radical (unpaired) electrons. The van der Waals surface area contributed by atoms with Gasteiger partial charge in [-0.1, -0.05) is 56.3 Å². The molecule has 0 saturated heterocycles. The van der Waals surface area contributed by atoms with Crippen LogP contribution >= 0.6 is 0 Å². The van der Waals surface area contributed by atoms with Gasteiger partial charge in [0.25, 0.3) is 11.8 Å². The Balaban J connectivity index is 1.96. The van der Waals surface area contributed by atoms with Gasteiger partial charge in [-0.25, -0.2) is 0 Å². The number of likely N-dealkylation sites (N-methyl/N-ethyl adjacent to an activating group) is 1. The summed E-state index contributed by atoms with van der Waals surface area (Å²) in [5.41, 5.74) is 7.87. The van der Waals surface area contributed by atoms with E-state index in [1.54, 1.807) is 0 Å². The van der Waals surface area contributed by atoms with E-state index < -0.39 is 11.9 Å². The molecule has 6 nitrogen and oxygen atoms in total. The number of rotatable bonds is 8. The van der Waals surface area contributed by atoms with E-state index in [1.165, 1.54) is 0 Å². The van der Waals surface area contributed by atoms with Crippen LogP contribution in [0.1, 0.15) is 36.6 Å². The average molecular weight is 383 g/mol. The second-order valence-corrected chi connectivity index (χ2v) is 6.63. The molecule has 2 aromatic rings. The van der Waals surface area contributed by atoms with Crippen molar-refractivity contribution in [3.05, 3.63) is 65.2 Å². The first kappa shape index (κ1) is 21.4. The van der Waals surface area contributed by atoms with Crippen LogP contribution in [0.3, 0.4) is 0 Å². The fraction of sp³-hybridized carbons (Fsp3) is 0.364. The highest BCUT2D eigenvalue weighted by Crippen LogP contribution is 2.20. The fourth-order valence-electron chi connectivity index (χ4n) is 2.99. The van der Waals surface area contributed by atoms with Gasteiger partial charge in [-0.3, -0.25) is 25.3 Å². The molecule has 2 aromatic carbocycles. The van der Waals surface area contributed by atoms with E-state index in [4.69, 9.17) is 4.74 Å². The molecule has 2 amide bonds. The number of amides is 2. The molecule has 0 aromatic heterocycles. The third-order valence-corrected chi connectivity index (χ3v) is 4.57. The molecule has 0 fully saturated rings. The van der Waals surface area contributed by atoms with Crippen LogP contribution in [0.4, 0.5) is 0 Å². The second-order valence-electron chi connectivity index (χ2n) is 6.63. The first-order valence-corrected chi connectivity index (χ1v) is 9.54. The third-order valence-electron chi connectivity index (χ3n) is 4.57. The Morgan fingerprint density at radius 1 is 1.00 bits per heavy atom. The zero-order valence-electron chi connectivity index (χ0n) is 17.0. The van der Waals surface area contributed by atoms with Gasteiger partial charge in [-0.05, 0) is 49.7 Å². The fourth-order valence-corrected chi connectivity index (χ4v) is 2.99. The topological polar surface area (TPSA) is 70.7 Å². The van der Waals surface area contributed by atoms with Gasteiger partial charge >= 0.3 is 0 Å². The van der Waals surface area contributed by atoms with Crippen molar-refractivity contribution in [2.45, 2.75) is 33.7 Å². The summed E-state index contributed by atoms with van der Waals surface area (Å²) in [7, 11) is 0. The lowest BCUT2D eigenvalue weighted by Crippen LogP contribution is -2.49. The molecule has 2 N–H and O–H groups in total. The van der Waals surface area contributed by atoms with Gasteiger partial charge in [0.05, 0.1) is 0 Å². The average Bonchev–Trinajstić information content (AvgIpc) is 2.71. The molecule has 1 atom stereocenters. The van der Waals surface area contributed by atoms with Crippen LogP contribution in [-0.4, -0.2) is 36.4 Å². The molecule has 0 aliphatic carbocycles. The smallest absolute Gasteiger partial charge is 0.276 e. The SMILES string of the molecule is CCN(CC)C(C(=O)NNC(=O)COc1cc(C)ccc1C)c1ccccc1. The molecule has 28 heavy (non-hydrogen) atoms. The van der Waals surface area contributed by atoms with Gasteiger partial charge in [0.2, 0.25) is 0 Å². The highest BCUT2D eigenvalue weighted by atomic mass is 16.5. The minimum atomic E-state index is -0.476. The van der Waals surface area contributed by atoms with Crippen molar-refractivity contribution in [2.24, 2.45) is 0 Å². The normalized spacial score (nSPS) is 11.8. The zero-order chi connectivity index (χ0) is 20.5. The van der Waals surface area contributed by atoms with E-state index >= 15 is 0 Å². The summed E-state index contributed by atoms with van der Waals surface area (Å²) >= 11 is 0. The lowest BCUT2D eigenvalue weighted by molar-refractivity contribution is -0.133. The van der Waals surface area contributed by atoms with Crippen molar-refractivity contribution in [3.8, 4) is 5.75 Å². The van der Waals surface area contributed by atoms with Crippen molar-refractivity contribution in [3.63, 3.8) is 0 Å². The number of hydrogen-bond donors (Lipinski definition) is 2. The standard InChI is InChI=1S/C22H29N3O3/c1-5-25(6-2)21(18-10-8-7-9-11-18)22(27)24-23-20(26)15-28-19-14-16(3)12-13-17(19)4/h7-14,21H,5-6,15H2,1-4H3,(H,23,26)(H,24,27). The molecule has 0 saturated carbocycles. The van der Waals surface area contributed by atoms with Crippen LogP contribution < -0.4 is 15.6 Å². The highest BCUT2D eigenvalue weighted by Gasteiger charge is 2.26. The van der Waals surface area contributed by atoms with Crippen molar-refractivity contribution in [1.82, 2.24) is 15.8 Å². The Bertz CT molecular complexity index is 789. The van der Waals surface area contributed by atoms with E-state index in [2.05, 4.69) is 10.9 Å². The highest BCUT2D eigenvalue weighted by molar-refractivity contribution is 5.86. The Morgan fingerprint density at radius 2 is 1.68 bits per heavy atom.